The monoisotopic (exact) mass is 292 g/mol. The summed E-state index contributed by atoms with van der Waals surface area (Å²) in [7, 11) is -1.04. The van der Waals surface area contributed by atoms with E-state index in [2.05, 4.69) is 4.72 Å². The molecule has 0 aromatic heterocycles. The Hall–Kier alpha value is -1.22. The fourth-order valence-electron chi connectivity index (χ4n) is 1.41. The first kappa shape index (κ1) is 15.8. The van der Waals surface area contributed by atoms with Crippen molar-refractivity contribution in [3.63, 3.8) is 0 Å². The summed E-state index contributed by atoms with van der Waals surface area (Å²) in [6.45, 7) is 0.208. The topological polar surface area (TPSA) is 90.7 Å². The van der Waals surface area contributed by atoms with Gasteiger partial charge in [-0.25, -0.2) is 17.5 Å². The molecule has 8 heteroatoms. The predicted octanol–water partition coefficient (Wildman–Crippen LogP) is 0.348. The number of rotatable bonds is 7. The molecule has 0 spiro atoms. The van der Waals surface area contributed by atoms with Crippen LogP contribution in [-0.2, 0) is 19.5 Å². The molecule has 3 N–H and O–H groups in total. The lowest BCUT2D eigenvalue weighted by Crippen LogP contribution is -2.35. The Labute approximate surface area is 111 Å². The lowest BCUT2D eigenvalue weighted by molar-refractivity contribution is 0.0320. The number of hydrogen-bond acceptors (Lipinski definition) is 5. The molecule has 0 saturated carbocycles. The van der Waals surface area contributed by atoms with Crippen LogP contribution in [0.5, 0.6) is 0 Å². The number of methoxy groups -OCH3 is 2. The molecule has 1 rings (SSSR count). The van der Waals surface area contributed by atoms with E-state index in [1.54, 1.807) is 0 Å². The molecule has 0 fully saturated rings. The summed E-state index contributed by atoms with van der Waals surface area (Å²) >= 11 is 0. The van der Waals surface area contributed by atoms with Gasteiger partial charge in [0.1, 0.15) is 10.7 Å². The Morgan fingerprint density at radius 2 is 2.11 bits per heavy atom. The Balaban J connectivity index is 2.81. The second-order valence-corrected chi connectivity index (χ2v) is 5.59. The van der Waals surface area contributed by atoms with Crippen molar-refractivity contribution in [2.24, 2.45) is 0 Å². The maximum Gasteiger partial charge on any atom is 0.243 e. The van der Waals surface area contributed by atoms with E-state index >= 15 is 0 Å². The van der Waals surface area contributed by atoms with Crippen molar-refractivity contribution >= 4 is 15.7 Å². The van der Waals surface area contributed by atoms with Crippen LogP contribution in [0.2, 0.25) is 0 Å². The summed E-state index contributed by atoms with van der Waals surface area (Å²) in [6.07, 6.45) is -0.448. The normalized spacial score (nSPS) is 13.4. The third kappa shape index (κ3) is 4.43. The van der Waals surface area contributed by atoms with E-state index < -0.39 is 26.8 Å². The van der Waals surface area contributed by atoms with Gasteiger partial charge in [-0.15, -0.1) is 0 Å². The molecule has 1 aromatic rings. The molecule has 0 heterocycles. The van der Waals surface area contributed by atoms with Crippen molar-refractivity contribution in [2.75, 3.05) is 33.1 Å². The first-order valence-corrected chi connectivity index (χ1v) is 6.95. The van der Waals surface area contributed by atoms with Crippen molar-refractivity contribution in [2.45, 2.75) is 11.0 Å². The molecule has 6 nitrogen and oxygen atoms in total. The van der Waals surface area contributed by atoms with E-state index in [0.717, 1.165) is 12.1 Å². The first-order chi connectivity index (χ1) is 8.90. The molecule has 1 atom stereocenters. The van der Waals surface area contributed by atoms with Crippen molar-refractivity contribution in [1.29, 1.82) is 0 Å². The van der Waals surface area contributed by atoms with Gasteiger partial charge in [0.25, 0.3) is 0 Å². The average molecular weight is 292 g/mol. The highest BCUT2D eigenvalue weighted by Crippen LogP contribution is 2.16. The maximum atomic E-state index is 13.5. The van der Waals surface area contributed by atoms with Gasteiger partial charge in [0.2, 0.25) is 10.0 Å². The highest BCUT2D eigenvalue weighted by Gasteiger charge is 2.20. The SMILES string of the molecule is COCC(CNS(=O)(=O)c1ccc(N)cc1F)OC. The number of hydrogen-bond donors (Lipinski definition) is 2. The number of nitrogen functional groups attached to an aromatic ring is 1. The standard InChI is InChI=1S/C11H17FN2O4S/c1-17-7-9(18-2)6-14-19(15,16)11-4-3-8(13)5-10(11)12/h3-5,9,14H,6-7,13H2,1-2H3. The van der Waals surface area contributed by atoms with Gasteiger partial charge in [-0.3, -0.25) is 0 Å². The second-order valence-electron chi connectivity index (χ2n) is 3.85. The first-order valence-electron chi connectivity index (χ1n) is 5.47. The molecule has 1 unspecified atom stereocenters. The molecule has 0 amide bonds. The Morgan fingerprint density at radius 3 is 2.63 bits per heavy atom. The number of halogens is 1. The number of ether oxygens (including phenoxy) is 2. The minimum Gasteiger partial charge on any atom is -0.399 e. The van der Waals surface area contributed by atoms with Crippen molar-refractivity contribution in [3.8, 4) is 0 Å². The van der Waals surface area contributed by atoms with E-state index in [-0.39, 0.29) is 18.8 Å². The second kappa shape index (κ2) is 6.80. The van der Waals surface area contributed by atoms with Crippen LogP contribution in [0, 0.1) is 5.82 Å². The number of nitrogens with two attached hydrogens (primary N) is 1. The van der Waals surface area contributed by atoms with Crippen LogP contribution in [0.4, 0.5) is 10.1 Å². The van der Waals surface area contributed by atoms with E-state index in [1.165, 1.54) is 20.3 Å². The van der Waals surface area contributed by atoms with Gasteiger partial charge >= 0.3 is 0 Å². The summed E-state index contributed by atoms with van der Waals surface area (Å²) in [5.41, 5.74) is 5.52. The molecule has 108 valence electrons. The van der Waals surface area contributed by atoms with Crippen LogP contribution in [-0.4, -0.2) is 41.9 Å². The molecule has 0 radical (unpaired) electrons. The maximum absolute atomic E-state index is 13.5. The Morgan fingerprint density at radius 1 is 1.42 bits per heavy atom. The van der Waals surface area contributed by atoms with Crippen LogP contribution in [0.1, 0.15) is 0 Å². The molecule has 19 heavy (non-hydrogen) atoms. The van der Waals surface area contributed by atoms with Crippen molar-refractivity contribution < 1.29 is 22.3 Å². The molecular weight excluding hydrogens is 275 g/mol. The largest absolute Gasteiger partial charge is 0.399 e. The van der Waals surface area contributed by atoms with E-state index in [1.807, 2.05) is 0 Å². The van der Waals surface area contributed by atoms with Crippen LogP contribution in [0.15, 0.2) is 23.1 Å². The minimum absolute atomic E-state index is 0.0174. The molecule has 0 saturated heterocycles. The van der Waals surface area contributed by atoms with Gasteiger partial charge in [0.05, 0.1) is 12.7 Å². The zero-order valence-electron chi connectivity index (χ0n) is 10.7. The average Bonchev–Trinajstić information content (AvgIpc) is 2.34. The van der Waals surface area contributed by atoms with Crippen molar-refractivity contribution in [1.82, 2.24) is 4.72 Å². The van der Waals surface area contributed by atoms with Crippen LogP contribution >= 0.6 is 0 Å². The van der Waals surface area contributed by atoms with E-state index in [9.17, 15) is 12.8 Å². The number of sulfonamides is 1. The highest BCUT2D eigenvalue weighted by molar-refractivity contribution is 7.89. The third-order valence-electron chi connectivity index (χ3n) is 2.43. The van der Waals surface area contributed by atoms with Gasteiger partial charge in [-0.1, -0.05) is 0 Å². The summed E-state index contributed by atoms with van der Waals surface area (Å²) in [5.74, 6) is -0.895. The van der Waals surface area contributed by atoms with Crippen LogP contribution < -0.4 is 10.5 Å². The van der Waals surface area contributed by atoms with Gasteiger partial charge in [0, 0.05) is 26.5 Å². The molecule has 0 aliphatic heterocycles. The Bertz CT molecular complexity index is 521. The smallest absolute Gasteiger partial charge is 0.243 e. The van der Waals surface area contributed by atoms with Crippen LogP contribution in [0.3, 0.4) is 0 Å². The van der Waals surface area contributed by atoms with Gasteiger partial charge in [-0.05, 0) is 18.2 Å². The van der Waals surface area contributed by atoms with Gasteiger partial charge in [0.15, 0.2) is 0 Å². The fourth-order valence-corrected chi connectivity index (χ4v) is 2.54. The predicted molar refractivity (Wildman–Crippen MR) is 68.7 cm³/mol. The van der Waals surface area contributed by atoms with Crippen molar-refractivity contribution in [3.05, 3.63) is 24.0 Å². The quantitative estimate of drug-likeness (QED) is 0.708. The van der Waals surface area contributed by atoms with E-state index in [0.29, 0.717) is 0 Å². The van der Waals surface area contributed by atoms with Gasteiger partial charge < -0.3 is 15.2 Å². The lowest BCUT2D eigenvalue weighted by atomic mass is 10.3. The molecular formula is C11H17FN2O4S. The summed E-state index contributed by atoms with van der Waals surface area (Å²) < 4.78 is 49.5. The molecule has 0 aliphatic carbocycles. The zero-order valence-corrected chi connectivity index (χ0v) is 11.5. The summed E-state index contributed by atoms with van der Waals surface area (Å²) in [6, 6.07) is 3.39. The zero-order chi connectivity index (χ0) is 14.5. The Kier molecular flexibility index (Phi) is 5.67. The van der Waals surface area contributed by atoms with E-state index in [4.69, 9.17) is 15.2 Å². The molecule has 0 bridgehead atoms. The molecule has 1 aromatic carbocycles. The number of nitrogens with one attached hydrogen (secondary N) is 1. The highest BCUT2D eigenvalue weighted by atomic mass is 32.2. The minimum atomic E-state index is -3.95. The number of anilines is 1. The summed E-state index contributed by atoms with van der Waals surface area (Å²) in [4.78, 5) is -0.450. The summed E-state index contributed by atoms with van der Waals surface area (Å²) in [5, 5.41) is 0. The lowest BCUT2D eigenvalue weighted by Gasteiger charge is -2.15. The van der Waals surface area contributed by atoms with Crippen LogP contribution in [0.25, 0.3) is 0 Å². The van der Waals surface area contributed by atoms with Gasteiger partial charge in [-0.2, -0.15) is 0 Å². The number of benzene rings is 1. The third-order valence-corrected chi connectivity index (χ3v) is 3.89. The fraction of sp³-hybridized carbons (Fsp3) is 0.455. The molecule has 0 aliphatic rings.